The third-order valence-corrected chi connectivity index (χ3v) is 6.23. The maximum Gasteiger partial charge on any atom is 0.324 e. The van der Waals surface area contributed by atoms with E-state index in [2.05, 4.69) is 11.5 Å². The molecule has 1 N–H and O–H groups in total. The molecule has 3 rings (SSSR count). The number of aliphatic hydroxyl groups is 1. The molecule has 1 aliphatic heterocycles. The van der Waals surface area contributed by atoms with Crippen LogP contribution in [0.2, 0.25) is 0 Å². The lowest BCUT2D eigenvalue weighted by Gasteiger charge is -2.33. The number of nitrogens with zero attached hydrogens (tertiary/aromatic N) is 1. The van der Waals surface area contributed by atoms with Crippen molar-refractivity contribution in [3.05, 3.63) is 12.2 Å². The van der Waals surface area contributed by atoms with Crippen molar-refractivity contribution in [1.29, 1.82) is 0 Å². The second-order valence-corrected chi connectivity index (χ2v) is 7.22. The Morgan fingerprint density at radius 3 is 2.48 bits per heavy atom. The highest BCUT2D eigenvalue weighted by atomic mass is 16.6. The molecule has 0 aromatic heterocycles. The zero-order valence-electron chi connectivity index (χ0n) is 14.2. The first-order valence-corrected chi connectivity index (χ1v) is 8.73. The molecule has 3 aliphatic rings. The zero-order chi connectivity index (χ0) is 16.9. The van der Waals surface area contributed by atoms with Crippen molar-refractivity contribution < 1.29 is 19.4 Å². The van der Waals surface area contributed by atoms with Gasteiger partial charge in [0.1, 0.15) is 17.9 Å². The normalized spacial score (nSPS) is 43.3. The number of aliphatic hydroxyl groups excluding tert-OH is 1. The van der Waals surface area contributed by atoms with Gasteiger partial charge >= 0.3 is 5.97 Å². The van der Waals surface area contributed by atoms with Crippen LogP contribution in [0.25, 0.3) is 0 Å². The van der Waals surface area contributed by atoms with Gasteiger partial charge in [-0.2, -0.15) is 0 Å². The van der Waals surface area contributed by atoms with E-state index in [4.69, 9.17) is 4.74 Å². The lowest BCUT2D eigenvalue weighted by atomic mass is 9.78. The number of rotatable bonds is 3. The predicted molar refractivity (Wildman–Crippen MR) is 85.6 cm³/mol. The summed E-state index contributed by atoms with van der Waals surface area (Å²) in [5.41, 5.74) is 0.934. The van der Waals surface area contributed by atoms with Crippen LogP contribution in [0.4, 0.5) is 0 Å². The van der Waals surface area contributed by atoms with E-state index >= 15 is 0 Å². The van der Waals surface area contributed by atoms with Gasteiger partial charge in [-0.25, -0.2) is 0 Å². The number of hydrogen-bond donors (Lipinski definition) is 1. The number of carbonyl (C=O) groups is 2. The summed E-state index contributed by atoms with van der Waals surface area (Å²) < 4.78 is 5.76. The molecule has 2 aliphatic carbocycles. The molecule has 0 bridgehead atoms. The van der Waals surface area contributed by atoms with Crippen LogP contribution < -0.4 is 0 Å². The summed E-state index contributed by atoms with van der Waals surface area (Å²) in [4.78, 5) is 26.8. The summed E-state index contributed by atoms with van der Waals surface area (Å²) in [6, 6.07) is -0.417. The second-order valence-electron chi connectivity index (χ2n) is 7.22. The van der Waals surface area contributed by atoms with Crippen molar-refractivity contribution in [3.8, 4) is 0 Å². The molecule has 5 nitrogen and oxygen atoms in total. The van der Waals surface area contributed by atoms with Crippen molar-refractivity contribution in [2.75, 3.05) is 13.1 Å². The molecule has 2 saturated carbocycles. The molecular weight excluding hydrogens is 294 g/mol. The maximum atomic E-state index is 12.5. The lowest BCUT2D eigenvalue weighted by Crippen LogP contribution is -2.48. The van der Waals surface area contributed by atoms with E-state index in [1.165, 1.54) is 0 Å². The third kappa shape index (κ3) is 2.45. The number of fused-ring (bicyclic) bond motifs is 3. The average Bonchev–Trinajstić information content (AvgIpc) is 2.96. The van der Waals surface area contributed by atoms with Crippen LogP contribution in [0, 0.1) is 23.7 Å². The van der Waals surface area contributed by atoms with E-state index in [1.54, 1.807) is 0 Å². The molecule has 5 heteroatoms. The topological polar surface area (TPSA) is 66.8 Å². The number of likely N-dealkylation sites (N-methyl/N-ethyl adjacent to an activating group) is 1. The fourth-order valence-corrected chi connectivity index (χ4v) is 4.98. The van der Waals surface area contributed by atoms with Crippen molar-refractivity contribution in [2.45, 2.75) is 51.9 Å². The van der Waals surface area contributed by atoms with Crippen molar-refractivity contribution in [1.82, 2.24) is 4.90 Å². The Morgan fingerprint density at radius 2 is 1.87 bits per heavy atom. The van der Waals surface area contributed by atoms with Gasteiger partial charge < -0.3 is 9.84 Å². The van der Waals surface area contributed by atoms with Crippen molar-refractivity contribution in [2.24, 2.45) is 23.7 Å². The molecule has 7 atom stereocenters. The molecular formula is C18H27NO4. The number of carbonyl (C=O) groups excluding carboxylic acids is 2. The van der Waals surface area contributed by atoms with E-state index in [0.717, 1.165) is 18.7 Å². The first-order valence-electron chi connectivity index (χ1n) is 8.73. The fourth-order valence-electron chi connectivity index (χ4n) is 4.98. The Bertz CT molecular complexity index is 527. The Labute approximate surface area is 137 Å². The average molecular weight is 321 g/mol. The Balaban J connectivity index is 2.00. The van der Waals surface area contributed by atoms with Gasteiger partial charge in [0, 0.05) is 24.2 Å². The number of Topliss-reactive ketones (excluding diaryl/α,β-unsaturated/α-hetero) is 1. The molecule has 1 heterocycles. The maximum absolute atomic E-state index is 12.5. The van der Waals surface area contributed by atoms with Crippen LogP contribution in [0.1, 0.15) is 33.6 Å². The summed E-state index contributed by atoms with van der Waals surface area (Å²) in [6.07, 6.45) is -0.101. The van der Waals surface area contributed by atoms with Gasteiger partial charge in [0.25, 0.3) is 0 Å². The quantitative estimate of drug-likeness (QED) is 0.629. The van der Waals surface area contributed by atoms with Gasteiger partial charge in [-0.15, -0.1) is 0 Å². The SMILES string of the molecule is C=C1CC(O)C2C(OC(=O)C2N(CC)CC)C2C(C)C(=O)CC12. The molecule has 23 heavy (non-hydrogen) atoms. The van der Waals surface area contributed by atoms with Gasteiger partial charge in [-0.3, -0.25) is 14.5 Å². The highest BCUT2D eigenvalue weighted by molar-refractivity contribution is 5.85. The smallest absolute Gasteiger partial charge is 0.324 e. The predicted octanol–water partition coefficient (Wildman–Crippen LogP) is 1.40. The standard InChI is InChI=1S/C18H27NO4/c1-5-19(6-2)16-15-13(21)7-9(3)11-8-12(20)10(4)14(11)17(15)23-18(16)22/h10-11,13-17,21H,3,5-8H2,1-2,4H3. The first-order chi connectivity index (χ1) is 10.9. The highest BCUT2D eigenvalue weighted by Crippen LogP contribution is 2.51. The van der Waals surface area contributed by atoms with Gasteiger partial charge in [-0.05, 0) is 25.4 Å². The van der Waals surface area contributed by atoms with E-state index in [-0.39, 0.29) is 41.5 Å². The van der Waals surface area contributed by atoms with E-state index in [0.29, 0.717) is 12.8 Å². The van der Waals surface area contributed by atoms with Crippen molar-refractivity contribution >= 4 is 11.8 Å². The van der Waals surface area contributed by atoms with Crippen LogP contribution in [0.5, 0.6) is 0 Å². The van der Waals surface area contributed by atoms with Crippen molar-refractivity contribution in [3.63, 3.8) is 0 Å². The molecule has 128 valence electrons. The molecule has 0 aromatic rings. The minimum Gasteiger partial charge on any atom is -0.460 e. The largest absolute Gasteiger partial charge is 0.460 e. The van der Waals surface area contributed by atoms with Gasteiger partial charge in [0.15, 0.2) is 0 Å². The number of ether oxygens (including phenoxy) is 1. The third-order valence-electron chi connectivity index (χ3n) is 6.23. The summed E-state index contributed by atoms with van der Waals surface area (Å²) in [6.45, 7) is 11.5. The van der Waals surface area contributed by atoms with Crippen LogP contribution >= 0.6 is 0 Å². The summed E-state index contributed by atoms with van der Waals surface area (Å²) >= 11 is 0. The first kappa shape index (κ1) is 16.7. The summed E-state index contributed by atoms with van der Waals surface area (Å²) in [5.74, 6) is -0.452. The Hall–Kier alpha value is -1.20. The van der Waals surface area contributed by atoms with Crippen LogP contribution in [-0.2, 0) is 14.3 Å². The molecule has 7 unspecified atom stereocenters. The zero-order valence-corrected chi connectivity index (χ0v) is 14.2. The lowest BCUT2D eigenvalue weighted by molar-refractivity contribution is -0.148. The monoisotopic (exact) mass is 321 g/mol. The number of ketones is 1. The second kappa shape index (κ2) is 6.02. The van der Waals surface area contributed by atoms with Gasteiger partial charge in [0.05, 0.1) is 6.10 Å². The molecule has 0 spiro atoms. The summed E-state index contributed by atoms with van der Waals surface area (Å²) in [5, 5.41) is 10.8. The minimum atomic E-state index is -0.641. The highest BCUT2D eigenvalue weighted by Gasteiger charge is 2.59. The molecule has 3 fully saturated rings. The van der Waals surface area contributed by atoms with Gasteiger partial charge in [0.2, 0.25) is 0 Å². The van der Waals surface area contributed by atoms with Crippen LogP contribution in [0.15, 0.2) is 12.2 Å². The minimum absolute atomic E-state index is 0.0328. The van der Waals surface area contributed by atoms with E-state index in [9.17, 15) is 14.7 Å². The Kier molecular flexibility index (Phi) is 4.36. The number of esters is 1. The molecule has 0 aromatic carbocycles. The number of hydrogen-bond acceptors (Lipinski definition) is 5. The van der Waals surface area contributed by atoms with E-state index in [1.807, 2.05) is 20.8 Å². The van der Waals surface area contributed by atoms with Crippen LogP contribution in [-0.4, -0.2) is 53.1 Å². The fraction of sp³-hybridized carbons (Fsp3) is 0.778. The summed E-state index contributed by atoms with van der Waals surface area (Å²) in [7, 11) is 0. The molecule has 0 radical (unpaired) electrons. The molecule has 0 amide bonds. The van der Waals surface area contributed by atoms with Gasteiger partial charge in [-0.1, -0.05) is 32.9 Å². The van der Waals surface area contributed by atoms with Crippen LogP contribution in [0.3, 0.4) is 0 Å². The Morgan fingerprint density at radius 1 is 1.22 bits per heavy atom. The molecule has 1 saturated heterocycles. The van der Waals surface area contributed by atoms with E-state index < -0.39 is 12.1 Å².